The van der Waals surface area contributed by atoms with Gasteiger partial charge in [0, 0.05) is 6.20 Å². The van der Waals surface area contributed by atoms with Crippen molar-refractivity contribution in [3.63, 3.8) is 0 Å². The molecular formula is C15H11Cl2FN2O. The molecule has 0 heterocycles. The van der Waals surface area contributed by atoms with Crippen LogP contribution in [0.4, 0.5) is 14.9 Å². The minimum absolute atomic E-state index is 0.267. The lowest BCUT2D eigenvalue weighted by Crippen LogP contribution is -2.23. The standard InChI is InChI=1S/C15H11Cl2FN2O/c16-12-5-2-6-13(14(12)17)20-15(21)19-8-7-10-3-1-4-11(18)9-10/h1-9H,(H2,19,20,21)/b8-7+. The van der Waals surface area contributed by atoms with Crippen LogP contribution in [0.3, 0.4) is 0 Å². The number of hydrogen-bond donors (Lipinski definition) is 2. The molecule has 2 amide bonds. The third-order valence-corrected chi connectivity index (χ3v) is 3.36. The fourth-order valence-corrected chi connectivity index (χ4v) is 1.93. The van der Waals surface area contributed by atoms with E-state index in [1.165, 1.54) is 18.3 Å². The van der Waals surface area contributed by atoms with E-state index in [1.807, 2.05) is 0 Å². The second-order valence-corrected chi connectivity index (χ2v) is 4.87. The van der Waals surface area contributed by atoms with E-state index in [0.29, 0.717) is 16.3 Å². The Labute approximate surface area is 131 Å². The number of amides is 2. The first-order valence-electron chi connectivity index (χ1n) is 6.00. The van der Waals surface area contributed by atoms with E-state index in [9.17, 15) is 9.18 Å². The maximum atomic E-state index is 13.0. The van der Waals surface area contributed by atoms with E-state index >= 15 is 0 Å². The van der Waals surface area contributed by atoms with E-state index in [1.54, 1.807) is 36.4 Å². The zero-order valence-corrected chi connectivity index (χ0v) is 12.3. The molecule has 2 rings (SSSR count). The van der Waals surface area contributed by atoms with Gasteiger partial charge in [0.2, 0.25) is 0 Å². The Kier molecular flexibility index (Phi) is 5.20. The van der Waals surface area contributed by atoms with Crippen LogP contribution in [0.25, 0.3) is 6.08 Å². The van der Waals surface area contributed by atoms with E-state index < -0.39 is 6.03 Å². The lowest BCUT2D eigenvalue weighted by atomic mass is 10.2. The SMILES string of the molecule is O=C(N/C=C/c1cccc(F)c1)Nc1cccc(Cl)c1Cl. The Morgan fingerprint density at radius 2 is 1.90 bits per heavy atom. The van der Waals surface area contributed by atoms with Crippen LogP contribution in [-0.4, -0.2) is 6.03 Å². The van der Waals surface area contributed by atoms with Gasteiger partial charge in [-0.05, 0) is 35.9 Å². The number of urea groups is 1. The zero-order chi connectivity index (χ0) is 15.2. The number of hydrogen-bond acceptors (Lipinski definition) is 1. The molecule has 0 fully saturated rings. The summed E-state index contributed by atoms with van der Waals surface area (Å²) in [6, 6.07) is 10.4. The van der Waals surface area contributed by atoms with Gasteiger partial charge in [0.25, 0.3) is 0 Å². The van der Waals surface area contributed by atoms with Crippen molar-refractivity contribution in [3.05, 3.63) is 70.1 Å². The smallest absolute Gasteiger partial charge is 0.314 e. The molecule has 2 N–H and O–H groups in total. The number of rotatable bonds is 3. The largest absolute Gasteiger partial charge is 0.323 e. The minimum atomic E-state index is -0.480. The van der Waals surface area contributed by atoms with Crippen molar-refractivity contribution >= 4 is 41.0 Å². The molecule has 2 aromatic rings. The van der Waals surface area contributed by atoms with Crippen molar-refractivity contribution < 1.29 is 9.18 Å². The summed E-state index contributed by atoms with van der Waals surface area (Å²) in [7, 11) is 0. The second kappa shape index (κ2) is 7.11. The normalized spacial score (nSPS) is 10.6. The number of carbonyl (C=O) groups is 1. The van der Waals surface area contributed by atoms with Crippen molar-refractivity contribution in [2.75, 3.05) is 5.32 Å². The van der Waals surface area contributed by atoms with Gasteiger partial charge in [-0.1, -0.05) is 41.4 Å². The molecule has 21 heavy (non-hydrogen) atoms. The quantitative estimate of drug-likeness (QED) is 0.826. The van der Waals surface area contributed by atoms with E-state index in [0.717, 1.165) is 0 Å². The van der Waals surface area contributed by atoms with Crippen molar-refractivity contribution in [2.45, 2.75) is 0 Å². The summed E-state index contributed by atoms with van der Waals surface area (Å²) in [6.45, 7) is 0. The van der Waals surface area contributed by atoms with Gasteiger partial charge < -0.3 is 10.6 Å². The van der Waals surface area contributed by atoms with Gasteiger partial charge in [0.05, 0.1) is 15.7 Å². The highest BCUT2D eigenvalue weighted by atomic mass is 35.5. The third kappa shape index (κ3) is 4.48. The molecule has 0 saturated carbocycles. The summed E-state index contributed by atoms with van der Waals surface area (Å²) in [5.74, 6) is -0.340. The van der Waals surface area contributed by atoms with Crippen molar-refractivity contribution in [2.24, 2.45) is 0 Å². The van der Waals surface area contributed by atoms with Crippen molar-refractivity contribution in [3.8, 4) is 0 Å². The molecule has 0 unspecified atom stereocenters. The maximum absolute atomic E-state index is 13.0. The number of anilines is 1. The van der Waals surface area contributed by atoms with Crippen LogP contribution in [0, 0.1) is 5.82 Å². The molecule has 0 aliphatic carbocycles. The van der Waals surface area contributed by atoms with Crippen LogP contribution in [0.15, 0.2) is 48.7 Å². The lowest BCUT2D eigenvalue weighted by Gasteiger charge is -2.07. The second-order valence-electron chi connectivity index (χ2n) is 4.09. The summed E-state index contributed by atoms with van der Waals surface area (Å²) in [5.41, 5.74) is 1.04. The maximum Gasteiger partial charge on any atom is 0.323 e. The van der Waals surface area contributed by atoms with Gasteiger partial charge in [-0.3, -0.25) is 0 Å². The van der Waals surface area contributed by atoms with Gasteiger partial charge in [-0.25, -0.2) is 9.18 Å². The van der Waals surface area contributed by atoms with Gasteiger partial charge in [0.15, 0.2) is 0 Å². The Bertz CT molecular complexity index is 689. The van der Waals surface area contributed by atoms with Crippen LogP contribution in [0.1, 0.15) is 5.56 Å². The lowest BCUT2D eigenvalue weighted by molar-refractivity contribution is 0.255. The highest BCUT2D eigenvalue weighted by Gasteiger charge is 2.06. The van der Waals surface area contributed by atoms with Crippen molar-refractivity contribution in [1.29, 1.82) is 0 Å². The fraction of sp³-hybridized carbons (Fsp3) is 0. The molecule has 0 atom stereocenters. The first-order chi connectivity index (χ1) is 10.1. The summed E-state index contributed by atoms with van der Waals surface area (Å²) in [4.78, 5) is 11.7. The van der Waals surface area contributed by atoms with Gasteiger partial charge in [0.1, 0.15) is 5.82 Å². The Balaban J connectivity index is 1.95. The molecule has 0 bridgehead atoms. The molecule has 2 aromatic carbocycles. The van der Waals surface area contributed by atoms with Crippen LogP contribution in [0.5, 0.6) is 0 Å². The highest BCUT2D eigenvalue weighted by Crippen LogP contribution is 2.29. The van der Waals surface area contributed by atoms with Crippen LogP contribution >= 0.6 is 23.2 Å². The summed E-state index contributed by atoms with van der Waals surface area (Å²) < 4.78 is 13.0. The molecular weight excluding hydrogens is 314 g/mol. The zero-order valence-electron chi connectivity index (χ0n) is 10.7. The van der Waals surface area contributed by atoms with E-state index in [-0.39, 0.29) is 10.8 Å². The van der Waals surface area contributed by atoms with Crippen LogP contribution in [-0.2, 0) is 0 Å². The molecule has 108 valence electrons. The summed E-state index contributed by atoms with van der Waals surface area (Å²) in [5, 5.41) is 5.67. The van der Waals surface area contributed by atoms with Crippen LogP contribution < -0.4 is 10.6 Å². The Morgan fingerprint density at radius 3 is 2.67 bits per heavy atom. The third-order valence-electron chi connectivity index (χ3n) is 2.54. The summed E-state index contributed by atoms with van der Waals surface area (Å²) >= 11 is 11.8. The molecule has 0 saturated heterocycles. The first-order valence-corrected chi connectivity index (χ1v) is 6.75. The fourth-order valence-electron chi connectivity index (χ4n) is 1.58. The minimum Gasteiger partial charge on any atom is -0.314 e. The van der Waals surface area contributed by atoms with Crippen molar-refractivity contribution in [1.82, 2.24) is 5.32 Å². The number of nitrogens with one attached hydrogen (secondary N) is 2. The molecule has 0 spiro atoms. The van der Waals surface area contributed by atoms with Gasteiger partial charge >= 0.3 is 6.03 Å². The monoisotopic (exact) mass is 324 g/mol. The van der Waals surface area contributed by atoms with E-state index in [4.69, 9.17) is 23.2 Å². The number of halogens is 3. The average Bonchev–Trinajstić information content (AvgIpc) is 2.44. The molecule has 0 radical (unpaired) electrons. The first kappa shape index (κ1) is 15.4. The Morgan fingerprint density at radius 1 is 1.14 bits per heavy atom. The molecule has 0 aromatic heterocycles. The molecule has 0 aliphatic heterocycles. The highest BCUT2D eigenvalue weighted by molar-refractivity contribution is 6.43. The predicted octanol–water partition coefficient (Wildman–Crippen LogP) is 4.92. The van der Waals surface area contributed by atoms with Gasteiger partial charge in [-0.2, -0.15) is 0 Å². The molecule has 3 nitrogen and oxygen atoms in total. The predicted molar refractivity (Wildman–Crippen MR) is 84.1 cm³/mol. The molecule has 0 aliphatic rings. The topological polar surface area (TPSA) is 41.1 Å². The van der Waals surface area contributed by atoms with Gasteiger partial charge in [-0.15, -0.1) is 0 Å². The number of benzene rings is 2. The van der Waals surface area contributed by atoms with E-state index in [2.05, 4.69) is 10.6 Å². The molecule has 6 heteroatoms. The van der Waals surface area contributed by atoms with Crippen LogP contribution in [0.2, 0.25) is 10.0 Å². The Hall–Kier alpha value is -2.04. The summed E-state index contributed by atoms with van der Waals surface area (Å²) in [6.07, 6.45) is 2.98. The average molecular weight is 325 g/mol. The number of carbonyl (C=O) groups excluding carboxylic acids is 1.